The van der Waals surface area contributed by atoms with Gasteiger partial charge in [-0.2, -0.15) is 0 Å². The quantitative estimate of drug-likeness (QED) is 0.585. The van der Waals surface area contributed by atoms with Gasteiger partial charge in [-0.1, -0.05) is 59.6 Å². The first kappa shape index (κ1) is 18.9. The predicted molar refractivity (Wildman–Crippen MR) is 110 cm³/mol. The number of amides is 3. The van der Waals surface area contributed by atoms with Crippen LogP contribution < -0.4 is 5.32 Å². The largest absolute Gasteiger partial charge is 0.325 e. The minimum absolute atomic E-state index is 0.0921. The number of carbonyl (C=O) groups is 2. The molecule has 1 N–H and O–H groups in total. The molecule has 0 radical (unpaired) electrons. The first-order valence-electron chi connectivity index (χ1n) is 8.48. The molecule has 3 amide bonds. The molecule has 3 aromatic rings. The molecule has 5 nitrogen and oxygen atoms in total. The van der Waals surface area contributed by atoms with Crippen LogP contribution in [-0.2, 0) is 16.9 Å². The van der Waals surface area contributed by atoms with Crippen LogP contribution in [0.25, 0.3) is 10.6 Å². The maximum Gasteiger partial charge on any atom is 0.325 e. The van der Waals surface area contributed by atoms with Gasteiger partial charge in [0.2, 0.25) is 0 Å². The summed E-state index contributed by atoms with van der Waals surface area (Å²) in [6.45, 7) is 1.73. The van der Waals surface area contributed by atoms with Crippen LogP contribution in [-0.4, -0.2) is 21.8 Å². The van der Waals surface area contributed by atoms with E-state index >= 15 is 0 Å². The van der Waals surface area contributed by atoms with Crippen LogP contribution in [0.5, 0.6) is 0 Å². The maximum absolute atomic E-state index is 13.1. The van der Waals surface area contributed by atoms with Gasteiger partial charge in [0.15, 0.2) is 0 Å². The van der Waals surface area contributed by atoms with Gasteiger partial charge in [-0.05, 0) is 19.1 Å². The van der Waals surface area contributed by atoms with Crippen LogP contribution in [0.1, 0.15) is 18.2 Å². The van der Waals surface area contributed by atoms with Crippen molar-refractivity contribution in [2.45, 2.75) is 19.0 Å². The van der Waals surface area contributed by atoms with Gasteiger partial charge in [0.05, 0.1) is 12.2 Å². The number of benzene rings is 2. The Bertz CT molecular complexity index is 1070. The third-order valence-corrected chi connectivity index (χ3v) is 6.13. The number of urea groups is 1. The first-order chi connectivity index (χ1) is 13.4. The molecular formula is C20H15Cl2N3O2S. The van der Waals surface area contributed by atoms with E-state index in [1.165, 1.54) is 11.3 Å². The summed E-state index contributed by atoms with van der Waals surface area (Å²) in [5, 5.41) is 6.23. The zero-order chi connectivity index (χ0) is 19.9. The Labute approximate surface area is 175 Å². The van der Waals surface area contributed by atoms with Crippen molar-refractivity contribution in [2.24, 2.45) is 0 Å². The average molecular weight is 432 g/mol. The zero-order valence-electron chi connectivity index (χ0n) is 14.8. The van der Waals surface area contributed by atoms with Crippen LogP contribution in [0, 0.1) is 0 Å². The molecular weight excluding hydrogens is 417 g/mol. The molecule has 1 fully saturated rings. The molecule has 4 rings (SSSR count). The van der Waals surface area contributed by atoms with Crippen LogP contribution in [0.3, 0.4) is 0 Å². The van der Waals surface area contributed by atoms with E-state index in [4.69, 9.17) is 23.2 Å². The number of aromatic nitrogens is 1. The minimum Gasteiger partial charge on any atom is -0.319 e. The number of hydrogen-bond acceptors (Lipinski definition) is 4. The fourth-order valence-corrected chi connectivity index (χ4v) is 4.59. The van der Waals surface area contributed by atoms with Gasteiger partial charge < -0.3 is 5.32 Å². The first-order valence-corrected chi connectivity index (χ1v) is 10.1. The fraction of sp³-hybridized carbons (Fsp3) is 0.150. The molecule has 1 saturated heterocycles. The van der Waals surface area contributed by atoms with E-state index in [1.807, 2.05) is 35.7 Å². The summed E-state index contributed by atoms with van der Waals surface area (Å²) in [4.78, 5) is 31.3. The lowest BCUT2D eigenvalue weighted by atomic mass is 9.92. The Hall–Kier alpha value is -2.41. The minimum atomic E-state index is -1.25. The van der Waals surface area contributed by atoms with Gasteiger partial charge in [0.1, 0.15) is 10.5 Å². The number of imide groups is 1. The van der Waals surface area contributed by atoms with E-state index in [0.29, 0.717) is 21.3 Å². The van der Waals surface area contributed by atoms with Crippen LogP contribution >= 0.6 is 34.5 Å². The van der Waals surface area contributed by atoms with Crippen molar-refractivity contribution < 1.29 is 9.59 Å². The lowest BCUT2D eigenvalue weighted by Gasteiger charge is -2.23. The number of nitrogens with zero attached hydrogens (tertiary/aromatic N) is 2. The molecule has 1 aromatic heterocycles. The number of halogens is 2. The van der Waals surface area contributed by atoms with Gasteiger partial charge in [0.25, 0.3) is 5.91 Å². The molecule has 28 heavy (non-hydrogen) atoms. The Morgan fingerprint density at radius 2 is 1.89 bits per heavy atom. The summed E-state index contributed by atoms with van der Waals surface area (Å²) >= 11 is 13.7. The average Bonchev–Trinajstić information content (AvgIpc) is 3.22. The molecule has 0 spiro atoms. The van der Waals surface area contributed by atoms with E-state index in [9.17, 15) is 9.59 Å². The molecule has 0 bridgehead atoms. The monoisotopic (exact) mass is 431 g/mol. The van der Waals surface area contributed by atoms with Crippen molar-refractivity contribution >= 4 is 46.5 Å². The molecule has 1 aliphatic rings. The van der Waals surface area contributed by atoms with Gasteiger partial charge >= 0.3 is 6.03 Å². The predicted octanol–water partition coefficient (Wildman–Crippen LogP) is 5.08. The van der Waals surface area contributed by atoms with Crippen LogP contribution in [0.2, 0.25) is 10.0 Å². The summed E-state index contributed by atoms with van der Waals surface area (Å²) in [5.41, 5.74) is 0.895. The highest BCUT2D eigenvalue weighted by atomic mass is 35.5. The molecule has 1 atom stereocenters. The molecule has 0 unspecified atom stereocenters. The number of hydrogen-bond donors (Lipinski definition) is 1. The van der Waals surface area contributed by atoms with Gasteiger partial charge in [-0.15, -0.1) is 11.3 Å². The molecule has 8 heteroatoms. The summed E-state index contributed by atoms with van der Waals surface area (Å²) in [6, 6.07) is 14.1. The molecule has 0 aliphatic carbocycles. The van der Waals surface area contributed by atoms with Crippen molar-refractivity contribution in [3.63, 3.8) is 0 Å². The normalized spacial score (nSPS) is 19.2. The Morgan fingerprint density at radius 3 is 2.61 bits per heavy atom. The Kier molecular flexibility index (Phi) is 4.87. The van der Waals surface area contributed by atoms with E-state index < -0.39 is 11.6 Å². The number of thiazole rings is 1. The SMILES string of the molecule is C[C@]1(c2ccc(Cl)cc2Cl)NC(=O)N(Cc2csc(-c3ccccc3)n2)C1=O. The van der Waals surface area contributed by atoms with Crippen LogP contribution in [0.15, 0.2) is 53.9 Å². The van der Waals surface area contributed by atoms with Gasteiger partial charge in [-0.3, -0.25) is 9.69 Å². The Morgan fingerprint density at radius 1 is 1.14 bits per heavy atom. The van der Waals surface area contributed by atoms with Crippen molar-refractivity contribution in [3.05, 3.63) is 75.2 Å². The van der Waals surface area contributed by atoms with E-state index in [1.54, 1.807) is 25.1 Å². The second kappa shape index (κ2) is 7.20. The number of carbonyl (C=O) groups excluding carboxylic acids is 2. The third-order valence-electron chi connectivity index (χ3n) is 4.64. The lowest BCUT2D eigenvalue weighted by Crippen LogP contribution is -2.41. The highest BCUT2D eigenvalue weighted by Gasteiger charge is 2.50. The van der Waals surface area contributed by atoms with Crippen molar-refractivity contribution in [2.75, 3.05) is 0 Å². The van der Waals surface area contributed by atoms with Gasteiger partial charge in [0, 0.05) is 26.6 Å². The molecule has 2 heterocycles. The van der Waals surface area contributed by atoms with E-state index in [2.05, 4.69) is 10.3 Å². The second-order valence-electron chi connectivity index (χ2n) is 6.58. The summed E-state index contributed by atoms with van der Waals surface area (Å²) in [6.07, 6.45) is 0. The lowest BCUT2D eigenvalue weighted by molar-refractivity contribution is -0.131. The summed E-state index contributed by atoms with van der Waals surface area (Å²) in [5.74, 6) is -0.379. The zero-order valence-corrected chi connectivity index (χ0v) is 17.1. The summed E-state index contributed by atoms with van der Waals surface area (Å²) < 4.78 is 0. The smallest absolute Gasteiger partial charge is 0.319 e. The number of nitrogens with one attached hydrogen (secondary N) is 1. The molecule has 142 valence electrons. The topological polar surface area (TPSA) is 62.3 Å². The molecule has 1 aliphatic heterocycles. The van der Waals surface area contributed by atoms with Crippen molar-refractivity contribution in [3.8, 4) is 10.6 Å². The standard InChI is InChI=1S/C20H15Cl2N3O2S/c1-20(15-8-7-13(21)9-16(15)22)18(26)25(19(27)24-20)10-14-11-28-17(23-14)12-5-3-2-4-6-12/h2-9,11H,10H2,1H3,(H,24,27)/t20-/m1/s1. The summed E-state index contributed by atoms with van der Waals surface area (Å²) in [7, 11) is 0. The maximum atomic E-state index is 13.1. The highest BCUT2D eigenvalue weighted by molar-refractivity contribution is 7.13. The molecule has 0 saturated carbocycles. The van der Waals surface area contributed by atoms with Crippen molar-refractivity contribution in [1.29, 1.82) is 0 Å². The third kappa shape index (κ3) is 3.28. The number of rotatable bonds is 4. The van der Waals surface area contributed by atoms with Crippen molar-refractivity contribution in [1.82, 2.24) is 15.2 Å². The second-order valence-corrected chi connectivity index (χ2v) is 8.28. The van der Waals surface area contributed by atoms with Gasteiger partial charge in [-0.25, -0.2) is 9.78 Å². The highest BCUT2D eigenvalue weighted by Crippen LogP contribution is 2.35. The molecule has 2 aromatic carbocycles. The van der Waals surface area contributed by atoms with Crippen LogP contribution in [0.4, 0.5) is 4.79 Å². The Balaban J connectivity index is 1.59. The fourth-order valence-electron chi connectivity index (χ4n) is 3.17. The van der Waals surface area contributed by atoms with E-state index in [0.717, 1.165) is 15.5 Å². The van der Waals surface area contributed by atoms with E-state index in [-0.39, 0.29) is 12.5 Å².